The van der Waals surface area contributed by atoms with Gasteiger partial charge < -0.3 is 9.80 Å². The zero-order valence-electron chi connectivity index (χ0n) is 11.4. The molecule has 1 amide bonds. The number of nitroso groups, excluding NO2 is 1. The summed E-state index contributed by atoms with van der Waals surface area (Å²) in [5, 5.41) is 2.83. The third-order valence-electron chi connectivity index (χ3n) is 3.70. The summed E-state index contributed by atoms with van der Waals surface area (Å²) < 4.78 is 0. The van der Waals surface area contributed by atoms with E-state index in [1.807, 2.05) is 4.90 Å². The number of hydrogen-bond acceptors (Lipinski definition) is 4. The van der Waals surface area contributed by atoms with Crippen molar-refractivity contribution in [3.05, 3.63) is 34.7 Å². The van der Waals surface area contributed by atoms with E-state index in [0.29, 0.717) is 17.3 Å². The van der Waals surface area contributed by atoms with Crippen molar-refractivity contribution in [1.82, 2.24) is 9.80 Å². The van der Waals surface area contributed by atoms with Crippen LogP contribution in [0.4, 0.5) is 5.69 Å². The van der Waals surface area contributed by atoms with Gasteiger partial charge in [-0.1, -0.05) is 0 Å². The van der Waals surface area contributed by atoms with Crippen molar-refractivity contribution in [2.75, 3.05) is 27.2 Å². The van der Waals surface area contributed by atoms with Gasteiger partial charge in [0.2, 0.25) is 0 Å². The Balaban J connectivity index is 1.98. The van der Waals surface area contributed by atoms with E-state index >= 15 is 0 Å². The Bertz CT molecular complexity index is 448. The van der Waals surface area contributed by atoms with Gasteiger partial charge in [0.15, 0.2) is 0 Å². The number of carbonyl (C=O) groups excluding carboxylic acids is 1. The number of likely N-dealkylation sites (tertiary alicyclic amines) is 1. The van der Waals surface area contributed by atoms with E-state index in [4.69, 9.17) is 0 Å². The fraction of sp³-hybridized carbons (Fsp3) is 0.500. The molecule has 102 valence electrons. The maximum Gasteiger partial charge on any atom is 0.253 e. The molecule has 0 N–H and O–H groups in total. The summed E-state index contributed by atoms with van der Waals surface area (Å²) in [6.45, 7) is 1.57. The molecule has 5 nitrogen and oxygen atoms in total. The number of rotatable bonds is 3. The van der Waals surface area contributed by atoms with Gasteiger partial charge in [-0.25, -0.2) is 0 Å². The minimum atomic E-state index is 0.0367. The molecule has 1 aromatic rings. The second-order valence-electron chi connectivity index (χ2n) is 5.13. The maximum absolute atomic E-state index is 12.3. The Labute approximate surface area is 113 Å². The van der Waals surface area contributed by atoms with E-state index in [2.05, 4.69) is 24.2 Å². The number of piperidine rings is 1. The number of nitrogens with zero attached hydrogens (tertiary/aromatic N) is 3. The lowest BCUT2D eigenvalue weighted by atomic mass is 10.0. The highest BCUT2D eigenvalue weighted by Gasteiger charge is 2.24. The molecule has 1 aliphatic rings. The van der Waals surface area contributed by atoms with Gasteiger partial charge >= 0.3 is 0 Å². The van der Waals surface area contributed by atoms with Crippen LogP contribution in [0.15, 0.2) is 29.4 Å². The molecule has 0 bridgehead atoms. The Morgan fingerprint density at radius 1 is 1.21 bits per heavy atom. The lowest BCUT2D eigenvalue weighted by molar-refractivity contribution is 0.0663. The highest BCUT2D eigenvalue weighted by atomic mass is 16.3. The van der Waals surface area contributed by atoms with Crippen molar-refractivity contribution in [1.29, 1.82) is 0 Å². The predicted octanol–water partition coefficient (Wildman–Crippen LogP) is 2.25. The summed E-state index contributed by atoms with van der Waals surface area (Å²) in [4.78, 5) is 26.7. The Morgan fingerprint density at radius 3 is 2.26 bits per heavy atom. The first-order chi connectivity index (χ1) is 9.11. The summed E-state index contributed by atoms with van der Waals surface area (Å²) in [7, 11) is 4.15. The molecule has 0 aromatic heterocycles. The number of carbonyl (C=O) groups is 1. The SMILES string of the molecule is CN(C)C1CCN(C(=O)c2ccc(N=O)cc2)CC1. The molecule has 0 unspecified atom stereocenters. The predicted molar refractivity (Wildman–Crippen MR) is 74.5 cm³/mol. The molecule has 0 radical (unpaired) electrons. The normalized spacial score (nSPS) is 16.7. The maximum atomic E-state index is 12.3. The van der Waals surface area contributed by atoms with Gasteiger partial charge in [0.05, 0.1) is 0 Å². The van der Waals surface area contributed by atoms with Crippen LogP contribution in [-0.2, 0) is 0 Å². The second-order valence-corrected chi connectivity index (χ2v) is 5.13. The minimum Gasteiger partial charge on any atom is -0.339 e. The second kappa shape index (κ2) is 5.93. The highest BCUT2D eigenvalue weighted by molar-refractivity contribution is 5.94. The van der Waals surface area contributed by atoms with Crippen LogP contribution < -0.4 is 0 Å². The Morgan fingerprint density at radius 2 is 1.79 bits per heavy atom. The van der Waals surface area contributed by atoms with Gasteiger partial charge in [0.25, 0.3) is 5.91 Å². The van der Waals surface area contributed by atoms with E-state index in [1.165, 1.54) is 0 Å². The average Bonchev–Trinajstić information content (AvgIpc) is 2.46. The summed E-state index contributed by atoms with van der Waals surface area (Å²) >= 11 is 0. The molecule has 0 aliphatic carbocycles. The molecule has 0 atom stereocenters. The summed E-state index contributed by atoms with van der Waals surface area (Å²) in [5.41, 5.74) is 0.971. The number of amides is 1. The summed E-state index contributed by atoms with van der Waals surface area (Å²) in [5.74, 6) is 0.0367. The number of hydrogen-bond donors (Lipinski definition) is 0. The van der Waals surface area contributed by atoms with Crippen LogP contribution in [0.1, 0.15) is 23.2 Å². The molecule has 0 saturated carbocycles. The van der Waals surface area contributed by atoms with Gasteiger partial charge in [-0.3, -0.25) is 4.79 Å². The third-order valence-corrected chi connectivity index (χ3v) is 3.70. The topological polar surface area (TPSA) is 53.0 Å². The zero-order valence-corrected chi connectivity index (χ0v) is 11.4. The van der Waals surface area contributed by atoms with Crippen molar-refractivity contribution in [3.8, 4) is 0 Å². The molecule has 1 aliphatic heterocycles. The van der Waals surface area contributed by atoms with E-state index in [-0.39, 0.29) is 5.91 Å². The first-order valence-electron chi connectivity index (χ1n) is 6.51. The lowest BCUT2D eigenvalue weighted by Crippen LogP contribution is -2.44. The van der Waals surface area contributed by atoms with Crippen molar-refractivity contribution < 1.29 is 4.79 Å². The van der Waals surface area contributed by atoms with Crippen molar-refractivity contribution >= 4 is 11.6 Å². The van der Waals surface area contributed by atoms with Crippen molar-refractivity contribution in [2.24, 2.45) is 5.18 Å². The molecule has 2 rings (SSSR count). The van der Waals surface area contributed by atoms with Gasteiger partial charge in [0.1, 0.15) is 5.69 Å². The molecule has 1 saturated heterocycles. The van der Waals surface area contributed by atoms with Crippen LogP contribution in [0.3, 0.4) is 0 Å². The Hall–Kier alpha value is -1.75. The number of benzene rings is 1. The van der Waals surface area contributed by atoms with Crippen LogP contribution in [-0.4, -0.2) is 48.9 Å². The molecule has 1 aromatic carbocycles. The smallest absolute Gasteiger partial charge is 0.253 e. The monoisotopic (exact) mass is 261 g/mol. The first-order valence-corrected chi connectivity index (χ1v) is 6.51. The van der Waals surface area contributed by atoms with Crippen LogP contribution in [0.2, 0.25) is 0 Å². The minimum absolute atomic E-state index is 0.0367. The van der Waals surface area contributed by atoms with Crippen molar-refractivity contribution in [2.45, 2.75) is 18.9 Å². The van der Waals surface area contributed by atoms with Gasteiger partial charge in [-0.2, -0.15) is 0 Å². The largest absolute Gasteiger partial charge is 0.339 e. The summed E-state index contributed by atoms with van der Waals surface area (Å²) in [6.07, 6.45) is 2.01. The molecular formula is C14H19N3O2. The van der Waals surface area contributed by atoms with Crippen molar-refractivity contribution in [3.63, 3.8) is 0 Å². The molecule has 1 fully saturated rings. The van der Waals surface area contributed by atoms with E-state index < -0.39 is 0 Å². The molecule has 19 heavy (non-hydrogen) atoms. The third kappa shape index (κ3) is 3.17. The van der Waals surface area contributed by atoms with E-state index in [9.17, 15) is 9.70 Å². The lowest BCUT2D eigenvalue weighted by Gasteiger charge is -2.35. The fourth-order valence-corrected chi connectivity index (χ4v) is 2.43. The van der Waals surface area contributed by atoms with Crippen LogP contribution in [0.5, 0.6) is 0 Å². The van der Waals surface area contributed by atoms with Gasteiger partial charge in [-0.15, -0.1) is 4.91 Å². The first kappa shape index (κ1) is 13.7. The van der Waals surface area contributed by atoms with Crippen LogP contribution in [0.25, 0.3) is 0 Å². The molecular weight excluding hydrogens is 242 g/mol. The molecule has 5 heteroatoms. The van der Waals surface area contributed by atoms with E-state index in [1.54, 1.807) is 24.3 Å². The fourth-order valence-electron chi connectivity index (χ4n) is 2.43. The highest BCUT2D eigenvalue weighted by Crippen LogP contribution is 2.18. The Kier molecular flexibility index (Phi) is 4.27. The molecule has 1 heterocycles. The van der Waals surface area contributed by atoms with Crippen LogP contribution >= 0.6 is 0 Å². The summed E-state index contributed by atoms with van der Waals surface area (Å²) in [6, 6.07) is 7.04. The molecule has 0 spiro atoms. The van der Waals surface area contributed by atoms with E-state index in [0.717, 1.165) is 25.9 Å². The quantitative estimate of drug-likeness (QED) is 0.784. The standard InChI is InChI=1S/C14H19N3O2/c1-16(2)13-7-9-17(10-8-13)14(18)11-3-5-12(15-19)6-4-11/h3-6,13H,7-10H2,1-2H3. The van der Waals surface area contributed by atoms with Gasteiger partial charge in [0, 0.05) is 24.7 Å². The average molecular weight is 261 g/mol. The van der Waals surface area contributed by atoms with Gasteiger partial charge in [-0.05, 0) is 56.4 Å². The zero-order chi connectivity index (χ0) is 13.8. The van der Waals surface area contributed by atoms with Crippen LogP contribution in [0, 0.1) is 4.91 Å².